The van der Waals surface area contributed by atoms with Gasteiger partial charge in [-0.15, -0.1) is 11.3 Å². The van der Waals surface area contributed by atoms with E-state index in [1.54, 1.807) is 0 Å². The minimum atomic E-state index is 0.590. The average Bonchev–Trinajstić information content (AvgIpc) is 2.84. The molecule has 1 aliphatic rings. The Labute approximate surface area is 103 Å². The first-order chi connectivity index (χ1) is 7.72. The molecule has 1 aromatic rings. The van der Waals surface area contributed by atoms with Gasteiger partial charge in [0.15, 0.2) is 0 Å². The maximum absolute atomic E-state index is 3.69. The molecule has 0 aliphatic heterocycles. The Kier molecular flexibility index (Phi) is 4.04. The van der Waals surface area contributed by atoms with E-state index in [-0.39, 0.29) is 0 Å². The molecule has 1 aromatic heterocycles. The zero-order valence-corrected chi connectivity index (χ0v) is 11.4. The number of thiophene rings is 1. The summed E-state index contributed by atoms with van der Waals surface area (Å²) in [6.07, 6.45) is 4.22. The topological polar surface area (TPSA) is 12.0 Å². The van der Waals surface area contributed by atoms with Crippen LogP contribution in [0.15, 0.2) is 11.4 Å². The van der Waals surface area contributed by atoms with Crippen LogP contribution in [0, 0.1) is 18.8 Å². The van der Waals surface area contributed by atoms with Crippen molar-refractivity contribution in [1.82, 2.24) is 5.32 Å². The summed E-state index contributed by atoms with van der Waals surface area (Å²) in [5.74, 6) is 1.72. The molecule has 0 saturated heterocycles. The van der Waals surface area contributed by atoms with Crippen molar-refractivity contribution >= 4 is 11.3 Å². The van der Waals surface area contributed by atoms with Gasteiger partial charge in [0.05, 0.1) is 0 Å². The molecular formula is C14H23NS. The van der Waals surface area contributed by atoms with Crippen LogP contribution in [0.5, 0.6) is 0 Å². The number of hydrogen-bond acceptors (Lipinski definition) is 2. The molecule has 0 aromatic carbocycles. The van der Waals surface area contributed by atoms with Crippen LogP contribution in [0.1, 0.15) is 49.6 Å². The maximum Gasteiger partial charge on any atom is 0.0359 e. The standard InChI is InChI=1S/C14H23NS/c1-4-15-14(12-8-11(3)16-9-12)13-7-5-6-10(13)2/h8-10,13-15H,4-7H2,1-3H3. The zero-order valence-electron chi connectivity index (χ0n) is 10.6. The Bertz CT molecular complexity index is 331. The van der Waals surface area contributed by atoms with Crippen LogP contribution in [0.2, 0.25) is 0 Å². The largest absolute Gasteiger partial charge is 0.310 e. The predicted molar refractivity (Wildman–Crippen MR) is 72.0 cm³/mol. The fraction of sp³-hybridized carbons (Fsp3) is 0.714. The van der Waals surface area contributed by atoms with Crippen LogP contribution in [0.4, 0.5) is 0 Å². The Balaban J connectivity index is 2.16. The molecule has 0 amide bonds. The third-order valence-electron chi connectivity index (χ3n) is 3.89. The summed E-state index contributed by atoms with van der Waals surface area (Å²) in [5, 5.41) is 6.03. The van der Waals surface area contributed by atoms with Gasteiger partial charge in [0.25, 0.3) is 0 Å². The lowest BCUT2D eigenvalue weighted by molar-refractivity contribution is 0.306. The fourth-order valence-electron chi connectivity index (χ4n) is 3.03. The van der Waals surface area contributed by atoms with Crippen LogP contribution in [0.25, 0.3) is 0 Å². The van der Waals surface area contributed by atoms with E-state index in [2.05, 4.69) is 37.5 Å². The smallest absolute Gasteiger partial charge is 0.0359 e. The summed E-state index contributed by atoms with van der Waals surface area (Å²) in [6, 6.07) is 2.95. The Morgan fingerprint density at radius 1 is 1.50 bits per heavy atom. The molecule has 1 N–H and O–H groups in total. The highest BCUT2D eigenvalue weighted by atomic mass is 32.1. The summed E-state index contributed by atoms with van der Waals surface area (Å²) < 4.78 is 0. The SMILES string of the molecule is CCNC(c1csc(C)c1)C1CCCC1C. The lowest BCUT2D eigenvalue weighted by Crippen LogP contribution is -2.29. The van der Waals surface area contributed by atoms with Crippen molar-refractivity contribution in [3.63, 3.8) is 0 Å². The van der Waals surface area contributed by atoms with Gasteiger partial charge < -0.3 is 5.32 Å². The highest BCUT2D eigenvalue weighted by molar-refractivity contribution is 7.10. The van der Waals surface area contributed by atoms with Gasteiger partial charge in [0, 0.05) is 10.9 Å². The minimum absolute atomic E-state index is 0.590. The van der Waals surface area contributed by atoms with Crippen molar-refractivity contribution in [1.29, 1.82) is 0 Å². The van der Waals surface area contributed by atoms with Crippen LogP contribution in [-0.4, -0.2) is 6.54 Å². The van der Waals surface area contributed by atoms with E-state index >= 15 is 0 Å². The van der Waals surface area contributed by atoms with Crippen LogP contribution >= 0.6 is 11.3 Å². The molecule has 1 fully saturated rings. The molecule has 0 bridgehead atoms. The number of nitrogens with one attached hydrogen (secondary N) is 1. The van der Waals surface area contributed by atoms with E-state index in [1.165, 1.54) is 29.7 Å². The van der Waals surface area contributed by atoms with Gasteiger partial charge in [-0.1, -0.05) is 26.7 Å². The van der Waals surface area contributed by atoms with E-state index in [4.69, 9.17) is 0 Å². The second-order valence-corrected chi connectivity index (χ2v) is 6.21. The predicted octanol–water partition coefficient (Wildman–Crippen LogP) is 4.14. The third kappa shape index (κ3) is 2.49. The van der Waals surface area contributed by atoms with Crippen molar-refractivity contribution in [3.8, 4) is 0 Å². The fourth-order valence-corrected chi connectivity index (χ4v) is 3.77. The quantitative estimate of drug-likeness (QED) is 0.829. The summed E-state index contributed by atoms with van der Waals surface area (Å²) >= 11 is 1.88. The first-order valence-corrected chi connectivity index (χ1v) is 7.38. The van der Waals surface area contributed by atoms with Crippen molar-refractivity contribution in [2.75, 3.05) is 6.54 Å². The van der Waals surface area contributed by atoms with Gasteiger partial charge in [-0.25, -0.2) is 0 Å². The first-order valence-electron chi connectivity index (χ1n) is 6.50. The molecule has 2 heteroatoms. The van der Waals surface area contributed by atoms with Crippen molar-refractivity contribution in [2.45, 2.75) is 46.1 Å². The molecule has 2 rings (SSSR count). The molecule has 1 saturated carbocycles. The molecule has 0 spiro atoms. The average molecular weight is 237 g/mol. The molecular weight excluding hydrogens is 214 g/mol. The van der Waals surface area contributed by atoms with Crippen LogP contribution in [0.3, 0.4) is 0 Å². The van der Waals surface area contributed by atoms with Gasteiger partial charge in [-0.3, -0.25) is 0 Å². The lowest BCUT2D eigenvalue weighted by atomic mass is 9.87. The highest BCUT2D eigenvalue weighted by Crippen LogP contribution is 2.40. The monoisotopic (exact) mass is 237 g/mol. The summed E-state index contributed by atoms with van der Waals surface area (Å²) in [5.41, 5.74) is 1.52. The molecule has 1 nitrogen and oxygen atoms in total. The molecule has 3 unspecified atom stereocenters. The van der Waals surface area contributed by atoms with Gasteiger partial charge >= 0.3 is 0 Å². The summed E-state index contributed by atoms with van der Waals surface area (Å²) in [4.78, 5) is 1.43. The first kappa shape index (κ1) is 12.1. The molecule has 1 heterocycles. The molecule has 90 valence electrons. The van der Waals surface area contributed by atoms with Crippen molar-refractivity contribution < 1.29 is 0 Å². The van der Waals surface area contributed by atoms with E-state index in [0.717, 1.165) is 18.4 Å². The molecule has 3 atom stereocenters. The second kappa shape index (κ2) is 5.33. The maximum atomic E-state index is 3.69. The van der Waals surface area contributed by atoms with E-state index in [1.807, 2.05) is 11.3 Å². The third-order valence-corrected chi connectivity index (χ3v) is 4.77. The Morgan fingerprint density at radius 3 is 2.81 bits per heavy atom. The van der Waals surface area contributed by atoms with Crippen LogP contribution < -0.4 is 5.32 Å². The Hall–Kier alpha value is -0.340. The minimum Gasteiger partial charge on any atom is -0.310 e. The van der Waals surface area contributed by atoms with E-state index < -0.39 is 0 Å². The van der Waals surface area contributed by atoms with Gasteiger partial charge in [-0.05, 0) is 48.7 Å². The number of rotatable bonds is 4. The second-order valence-electron chi connectivity index (χ2n) is 5.10. The lowest BCUT2D eigenvalue weighted by Gasteiger charge is -2.27. The van der Waals surface area contributed by atoms with Crippen LogP contribution in [-0.2, 0) is 0 Å². The Morgan fingerprint density at radius 2 is 2.31 bits per heavy atom. The highest BCUT2D eigenvalue weighted by Gasteiger charge is 2.31. The molecule has 1 aliphatic carbocycles. The number of hydrogen-bond donors (Lipinski definition) is 1. The summed E-state index contributed by atoms with van der Waals surface area (Å²) in [6.45, 7) is 7.91. The normalized spacial score (nSPS) is 27.2. The number of aryl methyl sites for hydroxylation is 1. The van der Waals surface area contributed by atoms with Crippen molar-refractivity contribution in [2.24, 2.45) is 11.8 Å². The van der Waals surface area contributed by atoms with Crippen molar-refractivity contribution in [3.05, 3.63) is 21.9 Å². The zero-order chi connectivity index (χ0) is 11.5. The van der Waals surface area contributed by atoms with E-state index in [9.17, 15) is 0 Å². The summed E-state index contributed by atoms with van der Waals surface area (Å²) in [7, 11) is 0. The van der Waals surface area contributed by atoms with Gasteiger partial charge in [-0.2, -0.15) is 0 Å². The van der Waals surface area contributed by atoms with Gasteiger partial charge in [0.2, 0.25) is 0 Å². The van der Waals surface area contributed by atoms with E-state index in [0.29, 0.717) is 6.04 Å². The molecule has 0 radical (unpaired) electrons. The molecule has 16 heavy (non-hydrogen) atoms. The van der Waals surface area contributed by atoms with Gasteiger partial charge in [0.1, 0.15) is 0 Å².